The van der Waals surface area contributed by atoms with Gasteiger partial charge >= 0.3 is 11.9 Å². The molecule has 12 nitrogen and oxygen atoms in total. The molecule has 6 aliphatic rings. The zero-order chi connectivity index (χ0) is 42.9. The van der Waals surface area contributed by atoms with Crippen LogP contribution in [0.15, 0.2) is 84.6 Å². The van der Waals surface area contributed by atoms with Crippen LogP contribution in [0.4, 0.5) is 11.4 Å². The molecule has 2 aromatic carbocycles. The molecule has 0 spiro atoms. The summed E-state index contributed by atoms with van der Waals surface area (Å²) in [6.45, 7) is 14.5. The van der Waals surface area contributed by atoms with Gasteiger partial charge in [0.2, 0.25) is 29.2 Å². The van der Waals surface area contributed by atoms with Crippen LogP contribution in [0.3, 0.4) is 0 Å². The van der Waals surface area contributed by atoms with Crippen molar-refractivity contribution in [2.24, 2.45) is 0 Å². The zero-order valence-corrected chi connectivity index (χ0v) is 35.3. The second-order valence-corrected chi connectivity index (χ2v) is 18.2. The molecule has 4 N–H and O–H groups in total. The summed E-state index contributed by atoms with van der Waals surface area (Å²) in [5.41, 5.74) is 9.87. The van der Waals surface area contributed by atoms with Crippen molar-refractivity contribution in [3.63, 3.8) is 0 Å². The zero-order valence-electron chi connectivity index (χ0n) is 35.3. The fraction of sp³-hybridized carbons (Fsp3) is 0.367. The average molecular weight is 824 g/mol. The van der Waals surface area contributed by atoms with Gasteiger partial charge in [-0.1, -0.05) is 62.4 Å². The summed E-state index contributed by atoms with van der Waals surface area (Å²) in [4.78, 5) is 39.8. The minimum absolute atomic E-state index is 0.0202. The highest BCUT2D eigenvalue weighted by atomic mass is 16.7. The van der Waals surface area contributed by atoms with Crippen LogP contribution in [0.5, 0.6) is 23.5 Å². The molecule has 4 unspecified atom stereocenters. The maximum atomic E-state index is 13.2. The Bertz CT molecular complexity index is 2690. The maximum absolute atomic E-state index is 13.2. The summed E-state index contributed by atoms with van der Waals surface area (Å²) < 4.78 is 4.04. The average Bonchev–Trinajstić information content (AvgIpc) is 4.12. The Morgan fingerprint density at radius 2 is 1.18 bits per heavy atom. The number of aromatic nitrogens is 2. The van der Waals surface area contributed by atoms with Crippen molar-refractivity contribution in [1.29, 1.82) is 0 Å². The van der Waals surface area contributed by atoms with E-state index in [2.05, 4.69) is 81.4 Å². The molecule has 4 atom stereocenters. The number of aromatic hydroxyl groups is 4. The van der Waals surface area contributed by atoms with E-state index in [0.29, 0.717) is 22.3 Å². The maximum Gasteiger partial charge on any atom is 0.337 e. The predicted molar refractivity (Wildman–Crippen MR) is 229 cm³/mol. The smallest absolute Gasteiger partial charge is 0.337 e. The Kier molecular flexibility index (Phi) is 8.60. The van der Waals surface area contributed by atoms with Gasteiger partial charge in [-0.05, 0) is 75.4 Å². The van der Waals surface area contributed by atoms with Crippen LogP contribution >= 0.6 is 0 Å². The van der Waals surface area contributed by atoms with Gasteiger partial charge in [-0.15, -0.1) is 9.46 Å². The van der Waals surface area contributed by atoms with Gasteiger partial charge in [0, 0.05) is 87.0 Å². The normalized spacial score (nSPS) is 23.4. The Hall–Kier alpha value is -6.43. The quantitative estimate of drug-likeness (QED) is 0.0946. The molecule has 0 saturated heterocycles. The topological polar surface area (TPSA) is 150 Å². The third-order valence-corrected chi connectivity index (χ3v) is 14.1. The van der Waals surface area contributed by atoms with E-state index in [4.69, 9.17) is 9.68 Å². The van der Waals surface area contributed by atoms with Gasteiger partial charge in [-0.2, -0.15) is 4.58 Å². The lowest BCUT2D eigenvalue weighted by Crippen LogP contribution is -2.28. The second-order valence-electron chi connectivity index (χ2n) is 18.2. The number of carbonyl (C=O) groups is 2. The Morgan fingerprint density at radius 1 is 0.705 bits per heavy atom. The Labute approximate surface area is 354 Å². The van der Waals surface area contributed by atoms with Crippen molar-refractivity contribution < 1.29 is 44.3 Å². The minimum atomic E-state index is -0.587. The fourth-order valence-corrected chi connectivity index (χ4v) is 11.2. The third-order valence-electron chi connectivity index (χ3n) is 14.1. The van der Waals surface area contributed by atoms with Crippen molar-refractivity contribution in [2.45, 2.75) is 102 Å². The van der Waals surface area contributed by atoms with Crippen molar-refractivity contribution in [3.8, 4) is 23.5 Å². The molecule has 0 amide bonds. The van der Waals surface area contributed by atoms with Crippen molar-refractivity contribution in [2.75, 3.05) is 18.0 Å². The van der Waals surface area contributed by atoms with E-state index in [1.54, 1.807) is 0 Å². The number of fused-ring (bicyclic) bond motifs is 12. The number of rotatable bonds is 10. The minimum Gasteiger partial charge on any atom is -0.492 e. The van der Waals surface area contributed by atoms with Crippen LogP contribution in [0.1, 0.15) is 123 Å². The fourth-order valence-electron chi connectivity index (χ4n) is 11.2. The molecule has 4 aliphatic carbocycles. The lowest BCUT2D eigenvalue weighted by molar-refractivity contribution is -0.433. The van der Waals surface area contributed by atoms with E-state index in [9.17, 15) is 30.0 Å². The first-order valence-corrected chi connectivity index (χ1v) is 21.3. The second kappa shape index (κ2) is 13.5. The van der Waals surface area contributed by atoms with Crippen molar-refractivity contribution in [3.05, 3.63) is 129 Å². The third kappa shape index (κ3) is 5.60. The lowest BCUT2D eigenvalue weighted by atomic mass is 9.80. The van der Waals surface area contributed by atoms with Gasteiger partial charge < -0.3 is 35.0 Å². The summed E-state index contributed by atoms with van der Waals surface area (Å²) in [6.07, 6.45) is 16.1. The Balaban J connectivity index is 0.847. The molecular weight excluding hydrogens is 773 g/mol. The number of carbonyl (C=O) groups excluding carboxylic acids is 2. The summed E-state index contributed by atoms with van der Waals surface area (Å²) >= 11 is 0. The van der Waals surface area contributed by atoms with E-state index in [-0.39, 0.29) is 60.0 Å². The van der Waals surface area contributed by atoms with Crippen LogP contribution in [-0.2, 0) is 33.3 Å². The molecule has 4 aromatic rings. The lowest BCUT2D eigenvalue weighted by Gasteiger charge is -2.25. The number of anilines is 1. The molecule has 2 aliphatic heterocycles. The Morgan fingerprint density at radius 3 is 1.66 bits per heavy atom. The molecule has 61 heavy (non-hydrogen) atoms. The van der Waals surface area contributed by atoms with Crippen LogP contribution in [-0.4, -0.2) is 65.2 Å². The van der Waals surface area contributed by atoms with Crippen LogP contribution < -0.4 is 14.6 Å². The monoisotopic (exact) mass is 823 g/mol. The van der Waals surface area contributed by atoms with E-state index in [0.717, 1.165) is 80.4 Å². The summed E-state index contributed by atoms with van der Waals surface area (Å²) in [6, 6.07) is 12.1. The number of nitrogens with zero attached hydrogens (tertiary/aromatic N) is 4. The molecule has 4 bridgehead atoms. The summed E-state index contributed by atoms with van der Waals surface area (Å²) in [7, 11) is 0. The molecule has 4 heterocycles. The molecular formula is C49H51N4O8+. The van der Waals surface area contributed by atoms with Gasteiger partial charge in [0.1, 0.15) is 6.54 Å². The van der Waals surface area contributed by atoms with E-state index in [1.807, 2.05) is 48.6 Å². The number of hydrogen-bond acceptors (Lipinski definition) is 9. The number of allylic oxidation sites excluding steroid dienone is 8. The van der Waals surface area contributed by atoms with Gasteiger partial charge in [-0.25, -0.2) is 9.59 Å². The molecule has 314 valence electrons. The van der Waals surface area contributed by atoms with E-state index in [1.165, 1.54) is 0 Å². The first-order valence-electron chi connectivity index (χ1n) is 21.3. The van der Waals surface area contributed by atoms with Crippen molar-refractivity contribution >= 4 is 29.0 Å². The van der Waals surface area contributed by atoms with Crippen molar-refractivity contribution in [1.82, 2.24) is 9.46 Å². The van der Waals surface area contributed by atoms with E-state index >= 15 is 0 Å². The number of benzene rings is 2. The van der Waals surface area contributed by atoms with E-state index < -0.39 is 22.8 Å². The molecule has 0 saturated carbocycles. The highest BCUT2D eigenvalue weighted by molar-refractivity contribution is 6.03. The largest absolute Gasteiger partial charge is 0.492 e. The number of hydrogen-bond donors (Lipinski definition) is 4. The van der Waals surface area contributed by atoms with Gasteiger partial charge in [0.15, 0.2) is 5.71 Å². The first kappa shape index (κ1) is 38.8. The van der Waals surface area contributed by atoms with Gasteiger partial charge in [0.05, 0.1) is 18.3 Å². The summed E-state index contributed by atoms with van der Waals surface area (Å²) in [5.74, 6) is -1.96. The summed E-state index contributed by atoms with van der Waals surface area (Å²) in [5, 5.41) is 43.4. The van der Waals surface area contributed by atoms with Crippen LogP contribution in [0, 0.1) is 0 Å². The van der Waals surface area contributed by atoms with Crippen LogP contribution in [0.25, 0.3) is 0 Å². The highest BCUT2D eigenvalue weighted by Gasteiger charge is 2.46. The van der Waals surface area contributed by atoms with Gasteiger partial charge in [-0.3, -0.25) is 0 Å². The molecule has 12 heteroatoms. The molecule has 2 aromatic heterocycles. The first-order chi connectivity index (χ1) is 29.1. The molecule has 0 fully saturated rings. The molecule has 10 rings (SSSR count). The van der Waals surface area contributed by atoms with Crippen LogP contribution in [0.2, 0.25) is 0 Å². The highest BCUT2D eigenvalue weighted by Crippen LogP contribution is 2.57. The standard InChI is InChI=1S/C49H50N4O8/c1-7-50-34-18-12-26(22-38(54)60-52-44(56)40-28-14-15-29(24-28)41(40)45(52)57)20-32(34)48(3,4)36(50)10-9-11-37-49(5,6)33-21-27(13-19-35(33)51(37)8-2)23-39(55)61-53-46(58)42-30-16-17-31(25-30)43(42)47(53)59/h9-21,28-31H,7-8,22-25H2,1-6H3,(H3-,56,57,58,59)/p+1. The molecule has 0 radical (unpaired) electrons. The number of likely N-dealkylation sites (N-methyl/N-ethyl adjacent to an activating group) is 1. The predicted octanol–water partition coefficient (Wildman–Crippen LogP) is 7.44. The SMILES string of the molecule is CCN1/C(=C\C=C\C2=[N+](CC)c3ccc(CC(=O)On4c(O)c5c(c4O)C4C=CC5C4)cc3C2(C)C)C(C)(C)c2cc(CC(=O)On3c(O)c4c(c3O)C3C=CC4C3)ccc21. The van der Waals surface area contributed by atoms with Gasteiger partial charge in [0.25, 0.3) is 0 Å².